The third-order valence-corrected chi connectivity index (χ3v) is 8.93. The topological polar surface area (TPSA) is 249 Å². The summed E-state index contributed by atoms with van der Waals surface area (Å²) in [6.07, 6.45) is -8.38. The average Bonchev–Trinajstić information content (AvgIpc) is 3.62. The number of carbonyl (C=O) groups is 4. The third kappa shape index (κ3) is 5.84. The highest BCUT2D eigenvalue weighted by Crippen LogP contribution is 2.43. The van der Waals surface area contributed by atoms with Gasteiger partial charge in [0.05, 0.1) is 61.0 Å². The maximum Gasteiger partial charge on any atom is 0.414 e. The molecule has 0 saturated carbocycles. The first-order valence-electron chi connectivity index (χ1n) is 15.0. The van der Waals surface area contributed by atoms with E-state index in [0.717, 1.165) is 0 Å². The van der Waals surface area contributed by atoms with Gasteiger partial charge in [0.25, 0.3) is 11.8 Å². The van der Waals surface area contributed by atoms with E-state index in [4.69, 9.17) is 23.7 Å². The van der Waals surface area contributed by atoms with Gasteiger partial charge in [0.2, 0.25) is 0 Å². The lowest BCUT2D eigenvalue weighted by Crippen LogP contribution is -2.50. The standard InChI is InChI=1S/C30H34N4O15/c1-45-21-5-15-17(33(29(41)42)27(39)19-3-13(35)9-31(19)25(15)37)7-23(21)48-11-47-12-49-24-8-18-16(6-22(24)46-2)26(38)32-10-14(36)4-20(32)28(40)34(18)30(43)44/h5-8,13-14,19-20,27-28,35-36,39-40H,3-4,9-12H2,1-2H3,(H,41,42)(H,43,44)/t13?,14?,19-,20-,27?,28?/m0/s1. The predicted octanol–water partition coefficient (Wildman–Crippen LogP) is -0.123. The molecule has 2 aromatic carbocycles. The first-order valence-corrected chi connectivity index (χ1v) is 15.0. The van der Waals surface area contributed by atoms with E-state index in [1.165, 1.54) is 48.3 Å². The van der Waals surface area contributed by atoms with Gasteiger partial charge in [0, 0.05) is 25.2 Å². The molecular formula is C30H34N4O15. The van der Waals surface area contributed by atoms with Crippen LogP contribution in [0.1, 0.15) is 33.6 Å². The van der Waals surface area contributed by atoms with Crippen molar-refractivity contribution in [2.75, 3.05) is 50.7 Å². The zero-order valence-corrected chi connectivity index (χ0v) is 26.2. The molecule has 264 valence electrons. The number of aliphatic hydroxyl groups is 4. The van der Waals surface area contributed by atoms with E-state index < -0.39 is 74.3 Å². The fourth-order valence-electron chi connectivity index (χ4n) is 6.72. The molecule has 49 heavy (non-hydrogen) atoms. The van der Waals surface area contributed by atoms with E-state index in [0.29, 0.717) is 9.80 Å². The minimum Gasteiger partial charge on any atom is -0.493 e. The molecule has 0 radical (unpaired) electrons. The molecule has 6 rings (SSSR count). The summed E-state index contributed by atoms with van der Waals surface area (Å²) in [5.74, 6) is -1.26. The minimum absolute atomic E-state index is 0.0255. The van der Waals surface area contributed by atoms with Crippen molar-refractivity contribution >= 4 is 35.4 Å². The number of hydrogen-bond acceptors (Lipinski definition) is 13. The van der Waals surface area contributed by atoms with Crippen LogP contribution in [0.3, 0.4) is 0 Å². The molecule has 4 heterocycles. The van der Waals surface area contributed by atoms with E-state index in [9.17, 15) is 49.8 Å². The summed E-state index contributed by atoms with van der Waals surface area (Å²) >= 11 is 0. The predicted molar refractivity (Wildman–Crippen MR) is 162 cm³/mol. The Morgan fingerprint density at radius 2 is 1.06 bits per heavy atom. The zero-order chi connectivity index (χ0) is 35.3. The lowest BCUT2D eigenvalue weighted by atomic mass is 10.1. The number of rotatable bonds is 8. The van der Waals surface area contributed by atoms with Gasteiger partial charge >= 0.3 is 12.2 Å². The summed E-state index contributed by atoms with van der Waals surface area (Å²) in [5.41, 5.74) is -0.550. The summed E-state index contributed by atoms with van der Waals surface area (Å²) < 4.78 is 27.5. The molecule has 4 aliphatic heterocycles. The van der Waals surface area contributed by atoms with Crippen molar-refractivity contribution in [2.24, 2.45) is 0 Å². The molecule has 2 fully saturated rings. The van der Waals surface area contributed by atoms with Crippen molar-refractivity contribution in [3.63, 3.8) is 0 Å². The molecule has 0 bridgehead atoms. The second kappa shape index (κ2) is 13.1. The molecular weight excluding hydrogens is 656 g/mol. The van der Waals surface area contributed by atoms with Crippen molar-refractivity contribution in [3.8, 4) is 23.0 Å². The number of amides is 4. The first-order chi connectivity index (χ1) is 23.4. The third-order valence-electron chi connectivity index (χ3n) is 8.93. The van der Waals surface area contributed by atoms with Crippen LogP contribution in [0.25, 0.3) is 0 Å². The van der Waals surface area contributed by atoms with Gasteiger partial charge < -0.3 is 64.1 Å². The van der Waals surface area contributed by atoms with Crippen LogP contribution in [-0.4, -0.2) is 142 Å². The fraction of sp³-hybridized carbons (Fsp3) is 0.467. The Morgan fingerprint density at radius 1 is 0.673 bits per heavy atom. The Balaban J connectivity index is 1.19. The quantitative estimate of drug-likeness (QED) is 0.156. The summed E-state index contributed by atoms with van der Waals surface area (Å²) in [6.45, 7) is -1.20. The second-order valence-electron chi connectivity index (χ2n) is 11.7. The molecule has 4 unspecified atom stereocenters. The SMILES string of the molecule is COc1cc2c(cc1OCOCOc1cc3c(cc1OC)C(=O)N1CC(O)C[C@H]1C(O)N3C(=O)O)N(C(=O)O)C(O)[C@@H]1CC(O)CN1C2=O. The van der Waals surface area contributed by atoms with Gasteiger partial charge in [0.15, 0.2) is 49.0 Å². The van der Waals surface area contributed by atoms with Gasteiger partial charge in [-0.1, -0.05) is 0 Å². The summed E-state index contributed by atoms with van der Waals surface area (Å²) in [7, 11) is 2.59. The van der Waals surface area contributed by atoms with E-state index >= 15 is 0 Å². The van der Waals surface area contributed by atoms with Crippen LogP contribution in [0, 0.1) is 0 Å². The number of benzene rings is 2. The second-order valence-corrected chi connectivity index (χ2v) is 11.7. The molecule has 4 aliphatic rings. The van der Waals surface area contributed by atoms with Crippen LogP contribution in [0.5, 0.6) is 23.0 Å². The number of methoxy groups -OCH3 is 2. The monoisotopic (exact) mass is 690 g/mol. The molecule has 0 aliphatic carbocycles. The van der Waals surface area contributed by atoms with Crippen LogP contribution in [-0.2, 0) is 4.74 Å². The van der Waals surface area contributed by atoms with Gasteiger partial charge in [0.1, 0.15) is 0 Å². The Bertz CT molecular complexity index is 1550. The number of fused-ring (bicyclic) bond motifs is 4. The Kier molecular flexibility index (Phi) is 9.03. The van der Waals surface area contributed by atoms with E-state index in [2.05, 4.69) is 0 Å². The lowest BCUT2D eigenvalue weighted by Gasteiger charge is -2.30. The summed E-state index contributed by atoms with van der Waals surface area (Å²) in [5, 5.41) is 62.0. The first kappa shape index (κ1) is 33.8. The molecule has 6 N–H and O–H groups in total. The van der Waals surface area contributed by atoms with E-state index in [-0.39, 0.29) is 71.4 Å². The highest BCUT2D eigenvalue weighted by molar-refractivity contribution is 6.06. The maximum absolute atomic E-state index is 13.4. The molecule has 2 saturated heterocycles. The molecule has 6 atom stereocenters. The number of hydrogen-bond donors (Lipinski definition) is 6. The van der Waals surface area contributed by atoms with Crippen molar-refractivity contribution in [1.82, 2.24) is 9.80 Å². The molecule has 0 spiro atoms. The lowest BCUT2D eigenvalue weighted by molar-refractivity contribution is -0.0549. The van der Waals surface area contributed by atoms with Crippen molar-refractivity contribution in [1.29, 1.82) is 0 Å². The Labute approximate surface area is 277 Å². The fourth-order valence-corrected chi connectivity index (χ4v) is 6.72. The van der Waals surface area contributed by atoms with Gasteiger partial charge in [-0.25, -0.2) is 19.4 Å². The zero-order valence-electron chi connectivity index (χ0n) is 26.2. The minimum atomic E-state index is -1.68. The van der Waals surface area contributed by atoms with Crippen molar-refractivity contribution in [2.45, 2.75) is 49.6 Å². The average molecular weight is 691 g/mol. The number of nitrogens with zero attached hydrogens (tertiary/aromatic N) is 4. The number of carbonyl (C=O) groups excluding carboxylic acids is 2. The van der Waals surface area contributed by atoms with Gasteiger partial charge in [-0.05, 0) is 25.0 Å². The van der Waals surface area contributed by atoms with E-state index in [1.807, 2.05) is 0 Å². The molecule has 19 nitrogen and oxygen atoms in total. The molecule has 19 heteroatoms. The van der Waals surface area contributed by atoms with Crippen molar-refractivity contribution in [3.05, 3.63) is 35.4 Å². The van der Waals surface area contributed by atoms with Crippen LogP contribution in [0.15, 0.2) is 24.3 Å². The van der Waals surface area contributed by atoms with Gasteiger partial charge in [-0.2, -0.15) is 0 Å². The summed E-state index contributed by atoms with van der Waals surface area (Å²) in [4.78, 5) is 54.9. The van der Waals surface area contributed by atoms with Gasteiger partial charge in [-0.15, -0.1) is 0 Å². The largest absolute Gasteiger partial charge is 0.493 e. The smallest absolute Gasteiger partial charge is 0.414 e. The summed E-state index contributed by atoms with van der Waals surface area (Å²) in [6, 6.07) is 2.95. The molecule has 0 aromatic heterocycles. The van der Waals surface area contributed by atoms with Crippen LogP contribution in [0.4, 0.5) is 21.0 Å². The highest BCUT2D eigenvalue weighted by atomic mass is 16.7. The highest BCUT2D eigenvalue weighted by Gasteiger charge is 2.49. The van der Waals surface area contributed by atoms with Crippen LogP contribution >= 0.6 is 0 Å². The Morgan fingerprint density at radius 3 is 1.41 bits per heavy atom. The Hall–Kier alpha value is -5.08. The van der Waals surface area contributed by atoms with Crippen molar-refractivity contribution < 1.29 is 73.5 Å². The number of aliphatic hydroxyl groups excluding tert-OH is 4. The van der Waals surface area contributed by atoms with Crippen LogP contribution < -0.4 is 28.7 Å². The van der Waals surface area contributed by atoms with Crippen LogP contribution in [0.2, 0.25) is 0 Å². The normalized spacial score (nSPS) is 25.9. The molecule has 4 amide bonds. The van der Waals surface area contributed by atoms with E-state index in [1.54, 1.807) is 0 Å². The molecule has 2 aromatic rings. The number of carboxylic acid groups (broad SMARTS) is 2. The van der Waals surface area contributed by atoms with Gasteiger partial charge in [-0.3, -0.25) is 9.59 Å². The number of ether oxygens (including phenoxy) is 5. The maximum atomic E-state index is 13.4. The number of anilines is 2.